The van der Waals surface area contributed by atoms with Gasteiger partial charge in [-0.15, -0.1) is 0 Å². The molecule has 3 nitrogen and oxygen atoms in total. The van der Waals surface area contributed by atoms with Crippen LogP contribution >= 0.6 is 0 Å². The highest BCUT2D eigenvalue weighted by Crippen LogP contribution is 2.36. The number of aryl methyl sites for hydroxylation is 5. The molecule has 3 aromatic carbocycles. The van der Waals surface area contributed by atoms with E-state index in [1.54, 1.807) is 0 Å². The monoisotopic (exact) mass is 549 g/mol. The number of unbranched alkanes of at least 4 members (excludes halogenated alkanes) is 1. The Morgan fingerprint density at radius 3 is 2.19 bits per heavy atom. The number of benzene rings is 3. The van der Waals surface area contributed by atoms with Crippen LogP contribution in [-0.2, 0) is 12.8 Å². The Kier molecular flexibility index (Phi) is 7.84. The molecule has 0 radical (unpaired) electrons. The number of hydrogen-bond donors (Lipinski definition) is 0. The van der Waals surface area contributed by atoms with Gasteiger partial charge in [-0.1, -0.05) is 74.0 Å². The summed E-state index contributed by atoms with van der Waals surface area (Å²) in [6, 6.07) is 28.6. The summed E-state index contributed by atoms with van der Waals surface area (Å²) in [6.45, 7) is 10.8. The maximum absolute atomic E-state index is 5.11. The molecule has 210 valence electrons. The van der Waals surface area contributed by atoms with Crippen molar-refractivity contribution < 1.29 is 0 Å². The number of nitrogens with zero attached hydrogens (tertiary/aromatic N) is 3. The highest BCUT2D eigenvalue weighted by atomic mass is 14.7. The van der Waals surface area contributed by atoms with Crippen molar-refractivity contribution in [2.45, 2.75) is 66.2 Å². The summed E-state index contributed by atoms with van der Waals surface area (Å²) in [5, 5.41) is 3.70. The predicted octanol–water partition coefficient (Wildman–Crippen LogP) is 10.1. The summed E-state index contributed by atoms with van der Waals surface area (Å²) < 4.78 is 0. The zero-order valence-electron chi connectivity index (χ0n) is 25.4. The van der Waals surface area contributed by atoms with Crippen molar-refractivity contribution in [3.63, 3.8) is 0 Å². The first-order valence-corrected chi connectivity index (χ1v) is 15.2. The molecule has 0 saturated carbocycles. The molecular formula is C39H39N3. The van der Waals surface area contributed by atoms with Crippen molar-refractivity contribution in [3.05, 3.63) is 125 Å². The van der Waals surface area contributed by atoms with Gasteiger partial charge in [0.2, 0.25) is 0 Å². The van der Waals surface area contributed by atoms with Crippen LogP contribution in [0.1, 0.15) is 66.1 Å². The van der Waals surface area contributed by atoms with Crippen molar-refractivity contribution in [2.24, 2.45) is 0 Å². The van der Waals surface area contributed by atoms with Gasteiger partial charge in [0.25, 0.3) is 0 Å². The van der Waals surface area contributed by atoms with Gasteiger partial charge < -0.3 is 0 Å². The van der Waals surface area contributed by atoms with E-state index in [1.165, 1.54) is 44.2 Å². The van der Waals surface area contributed by atoms with E-state index in [1.807, 2.05) is 13.1 Å². The summed E-state index contributed by atoms with van der Waals surface area (Å²) >= 11 is 0. The van der Waals surface area contributed by atoms with Crippen LogP contribution in [0.4, 0.5) is 0 Å². The van der Waals surface area contributed by atoms with Crippen molar-refractivity contribution in [2.75, 3.05) is 0 Å². The number of aromatic nitrogens is 3. The van der Waals surface area contributed by atoms with Crippen molar-refractivity contribution in [1.82, 2.24) is 15.0 Å². The second-order valence-corrected chi connectivity index (χ2v) is 12.0. The Hall–Kier alpha value is -4.37. The van der Waals surface area contributed by atoms with Gasteiger partial charge in [0.05, 0.1) is 16.9 Å². The Balaban J connectivity index is 1.25. The lowest BCUT2D eigenvalue weighted by Crippen LogP contribution is -1.98. The molecule has 0 aliphatic heterocycles. The smallest absolute Gasteiger partial charge is 0.0787 e. The topological polar surface area (TPSA) is 38.7 Å². The maximum Gasteiger partial charge on any atom is 0.0787 e. The van der Waals surface area contributed by atoms with E-state index in [0.29, 0.717) is 5.92 Å². The fourth-order valence-electron chi connectivity index (χ4n) is 5.87. The average molecular weight is 550 g/mol. The van der Waals surface area contributed by atoms with Crippen LogP contribution in [0, 0.1) is 20.8 Å². The van der Waals surface area contributed by atoms with Crippen molar-refractivity contribution >= 4 is 21.7 Å². The van der Waals surface area contributed by atoms with Gasteiger partial charge in [0, 0.05) is 40.0 Å². The Labute approximate surface area is 249 Å². The average Bonchev–Trinajstić information content (AvgIpc) is 2.99. The number of hydrogen-bond acceptors (Lipinski definition) is 3. The minimum Gasteiger partial charge on any atom is -0.256 e. The standard InChI is InChI=1S/C39H39N3/c1-25(2)31-16-18-34-35(22-31)32(24-41-39(34)36-20-27(4)21-38-33(36)17-12-28(5)42-38)9-7-6-8-29-13-19-37(40-23-29)30-14-10-26(3)11-15-30/h10-25H,6-9H2,1-5H3. The molecule has 3 heteroatoms. The third kappa shape index (κ3) is 5.83. The first kappa shape index (κ1) is 27.8. The molecule has 3 aromatic heterocycles. The van der Waals surface area contributed by atoms with Crippen LogP contribution in [0.25, 0.3) is 44.2 Å². The van der Waals surface area contributed by atoms with Gasteiger partial charge in [-0.25, -0.2) is 0 Å². The molecule has 6 rings (SSSR count). The molecule has 0 fully saturated rings. The molecule has 0 N–H and O–H groups in total. The molecule has 0 atom stereocenters. The van der Waals surface area contributed by atoms with Gasteiger partial charge in [-0.2, -0.15) is 0 Å². The van der Waals surface area contributed by atoms with Crippen molar-refractivity contribution in [1.29, 1.82) is 0 Å². The molecule has 42 heavy (non-hydrogen) atoms. The summed E-state index contributed by atoms with van der Waals surface area (Å²) in [4.78, 5) is 14.7. The predicted molar refractivity (Wildman–Crippen MR) is 177 cm³/mol. The normalized spacial score (nSPS) is 11.6. The van der Waals surface area contributed by atoms with Gasteiger partial charge in [0.1, 0.15) is 0 Å². The number of pyridine rings is 3. The minimum absolute atomic E-state index is 0.473. The first-order valence-electron chi connectivity index (χ1n) is 15.2. The third-order valence-electron chi connectivity index (χ3n) is 8.34. The fourth-order valence-corrected chi connectivity index (χ4v) is 5.87. The van der Waals surface area contributed by atoms with Crippen LogP contribution in [0.2, 0.25) is 0 Å². The highest BCUT2D eigenvalue weighted by Gasteiger charge is 2.15. The Bertz CT molecular complexity index is 1860. The molecular weight excluding hydrogens is 510 g/mol. The molecule has 0 amide bonds. The van der Waals surface area contributed by atoms with E-state index in [9.17, 15) is 0 Å². The number of rotatable bonds is 8. The van der Waals surface area contributed by atoms with Gasteiger partial charge in [-0.05, 0) is 104 Å². The molecule has 6 aromatic rings. The zero-order chi connectivity index (χ0) is 29.2. The van der Waals surface area contributed by atoms with E-state index in [4.69, 9.17) is 15.0 Å². The van der Waals surface area contributed by atoms with Crippen LogP contribution in [0.5, 0.6) is 0 Å². The summed E-state index contributed by atoms with van der Waals surface area (Å²) in [5.41, 5.74) is 12.9. The lowest BCUT2D eigenvalue weighted by Gasteiger charge is -2.15. The largest absolute Gasteiger partial charge is 0.256 e. The van der Waals surface area contributed by atoms with Gasteiger partial charge in [-0.3, -0.25) is 15.0 Å². The van der Waals surface area contributed by atoms with Crippen LogP contribution < -0.4 is 0 Å². The fraction of sp³-hybridized carbons (Fsp3) is 0.256. The summed E-state index contributed by atoms with van der Waals surface area (Å²) in [7, 11) is 0. The number of fused-ring (bicyclic) bond motifs is 2. The minimum atomic E-state index is 0.473. The Morgan fingerprint density at radius 2 is 1.43 bits per heavy atom. The van der Waals surface area contributed by atoms with Crippen LogP contribution in [0.15, 0.2) is 91.3 Å². The SMILES string of the molecule is Cc1ccc(-c2ccc(CCCCc3cnc(-c4cc(C)cc5nc(C)ccc45)c4ccc(C(C)C)cc34)cn2)cc1. The lowest BCUT2D eigenvalue weighted by molar-refractivity contribution is 0.734. The third-order valence-corrected chi connectivity index (χ3v) is 8.34. The lowest BCUT2D eigenvalue weighted by atomic mass is 9.92. The van der Waals surface area contributed by atoms with Crippen LogP contribution in [-0.4, -0.2) is 15.0 Å². The van der Waals surface area contributed by atoms with E-state index < -0.39 is 0 Å². The second kappa shape index (κ2) is 11.9. The van der Waals surface area contributed by atoms with Crippen LogP contribution in [0.3, 0.4) is 0 Å². The van der Waals surface area contributed by atoms with E-state index in [-0.39, 0.29) is 0 Å². The highest BCUT2D eigenvalue weighted by molar-refractivity contribution is 6.04. The molecule has 0 aliphatic carbocycles. The first-order chi connectivity index (χ1) is 20.4. The van der Waals surface area contributed by atoms with E-state index >= 15 is 0 Å². The van der Waals surface area contributed by atoms with Crippen molar-refractivity contribution in [3.8, 4) is 22.5 Å². The van der Waals surface area contributed by atoms with E-state index in [2.05, 4.69) is 113 Å². The van der Waals surface area contributed by atoms with Gasteiger partial charge >= 0.3 is 0 Å². The van der Waals surface area contributed by atoms with E-state index in [0.717, 1.165) is 59.2 Å². The molecule has 0 bridgehead atoms. The summed E-state index contributed by atoms with van der Waals surface area (Å²) in [6.07, 6.45) is 8.43. The van der Waals surface area contributed by atoms with Gasteiger partial charge in [0.15, 0.2) is 0 Å². The molecule has 0 aliphatic rings. The Morgan fingerprint density at radius 1 is 0.643 bits per heavy atom. The molecule has 0 spiro atoms. The second-order valence-electron chi connectivity index (χ2n) is 12.0. The molecule has 0 saturated heterocycles. The maximum atomic E-state index is 5.11. The zero-order valence-corrected chi connectivity index (χ0v) is 25.4. The molecule has 0 unspecified atom stereocenters. The quantitative estimate of drug-likeness (QED) is 0.177. The molecule has 3 heterocycles. The summed E-state index contributed by atoms with van der Waals surface area (Å²) in [5.74, 6) is 0.473.